The molecule has 1 heterocycles. The van der Waals surface area contributed by atoms with Gasteiger partial charge in [-0.05, 0) is 24.6 Å². The Kier molecular flexibility index (Phi) is 7.49. The van der Waals surface area contributed by atoms with E-state index in [1.807, 2.05) is 0 Å². The Balaban J connectivity index is 0.00000200. The molecule has 20 heavy (non-hydrogen) atoms. The van der Waals surface area contributed by atoms with E-state index in [0.29, 0.717) is 18.1 Å². The zero-order valence-corrected chi connectivity index (χ0v) is 14.5. The lowest BCUT2D eigenvalue weighted by molar-refractivity contribution is -0.0504. The lowest BCUT2D eigenvalue weighted by atomic mass is 10.2. The highest BCUT2D eigenvalue weighted by Crippen LogP contribution is 2.24. The van der Waals surface area contributed by atoms with Crippen LogP contribution in [-0.4, -0.2) is 25.7 Å². The van der Waals surface area contributed by atoms with Crippen LogP contribution in [-0.2, 0) is 6.54 Å². The van der Waals surface area contributed by atoms with E-state index in [4.69, 9.17) is 0 Å². The van der Waals surface area contributed by atoms with E-state index < -0.39 is 6.61 Å². The monoisotopic (exact) mass is 461 g/mol. The normalized spacial score (nSPS) is 14.1. The second kappa shape index (κ2) is 8.60. The molecule has 1 aromatic carbocycles. The van der Waals surface area contributed by atoms with Crippen LogP contribution >= 0.6 is 39.9 Å². The predicted octanol–water partition coefficient (Wildman–Crippen LogP) is 3.11. The van der Waals surface area contributed by atoms with Crippen LogP contribution in [0.1, 0.15) is 12.0 Å². The number of benzene rings is 1. The number of hydrogen-bond acceptors (Lipinski definition) is 4. The van der Waals surface area contributed by atoms with Crippen LogP contribution in [0.5, 0.6) is 5.75 Å². The molecule has 112 valence electrons. The predicted molar refractivity (Wildman–Crippen MR) is 88.0 cm³/mol. The molecule has 0 spiro atoms. The third kappa shape index (κ3) is 5.39. The number of nitrogens with zero attached hydrogens (tertiary/aromatic N) is 1. The minimum atomic E-state index is -2.83. The first-order chi connectivity index (χ1) is 9.15. The molecular weight excluding hydrogens is 447 g/mol. The number of nitrogens with one attached hydrogen (secondary N) is 2. The topological polar surface area (TPSA) is 45.6 Å². The second-order valence-electron chi connectivity index (χ2n) is 3.99. The molecule has 1 aliphatic rings. The molecule has 0 amide bonds. The van der Waals surface area contributed by atoms with Crippen molar-refractivity contribution in [1.29, 1.82) is 0 Å². The lowest BCUT2D eigenvalue weighted by Gasteiger charge is -2.17. The van der Waals surface area contributed by atoms with Crippen molar-refractivity contribution in [1.82, 2.24) is 10.6 Å². The van der Waals surface area contributed by atoms with Gasteiger partial charge in [0.1, 0.15) is 5.75 Å². The number of rotatable bonds is 4. The van der Waals surface area contributed by atoms with Crippen molar-refractivity contribution in [3.05, 3.63) is 28.2 Å². The van der Waals surface area contributed by atoms with Gasteiger partial charge in [-0.3, -0.25) is 4.99 Å². The average Bonchev–Trinajstić information content (AvgIpc) is 2.40. The highest BCUT2D eigenvalue weighted by molar-refractivity contribution is 14.0. The van der Waals surface area contributed by atoms with Gasteiger partial charge in [0.15, 0.2) is 5.96 Å². The average molecular weight is 462 g/mol. The maximum atomic E-state index is 12.3. The number of halogens is 4. The molecule has 0 radical (unpaired) electrons. The molecule has 0 saturated heterocycles. The molecule has 8 heteroatoms. The molecular formula is C12H15BrF2IN3O. The molecule has 2 N–H and O–H groups in total. The Hall–Kier alpha value is -0.640. The van der Waals surface area contributed by atoms with E-state index in [2.05, 4.69) is 36.3 Å². The summed E-state index contributed by atoms with van der Waals surface area (Å²) in [5.74, 6) is 0.858. The maximum Gasteiger partial charge on any atom is 0.387 e. The summed E-state index contributed by atoms with van der Waals surface area (Å²) in [6.45, 7) is -0.822. The fourth-order valence-electron chi connectivity index (χ4n) is 1.73. The summed E-state index contributed by atoms with van der Waals surface area (Å²) in [4.78, 5) is 4.25. The zero-order valence-electron chi connectivity index (χ0n) is 10.5. The molecule has 0 unspecified atom stereocenters. The Bertz CT molecular complexity index is 474. The summed E-state index contributed by atoms with van der Waals surface area (Å²) in [6, 6.07) is 4.93. The standard InChI is InChI=1S/C12H14BrF2N3O.HI/c13-9-2-3-10(19-11(14)15)8(6-9)7-18-12-16-4-1-5-17-12;/h2-3,6,11H,1,4-5,7H2,(H2,16,17,18);1H. The summed E-state index contributed by atoms with van der Waals surface area (Å²) in [5.41, 5.74) is 0.643. The van der Waals surface area contributed by atoms with Crippen molar-refractivity contribution in [2.45, 2.75) is 19.6 Å². The molecule has 0 bridgehead atoms. The van der Waals surface area contributed by atoms with Crippen LogP contribution in [0, 0.1) is 0 Å². The molecule has 0 atom stereocenters. The van der Waals surface area contributed by atoms with Crippen molar-refractivity contribution < 1.29 is 13.5 Å². The first kappa shape index (κ1) is 17.4. The van der Waals surface area contributed by atoms with Gasteiger partial charge in [0.05, 0.1) is 0 Å². The first-order valence-corrected chi connectivity index (χ1v) is 6.70. The van der Waals surface area contributed by atoms with Crippen LogP contribution in [0.4, 0.5) is 8.78 Å². The van der Waals surface area contributed by atoms with E-state index in [0.717, 1.165) is 24.0 Å². The fourth-order valence-corrected chi connectivity index (χ4v) is 2.14. The number of aliphatic imine (C=N–C) groups is 1. The van der Waals surface area contributed by atoms with Gasteiger partial charge in [0.2, 0.25) is 0 Å². The first-order valence-electron chi connectivity index (χ1n) is 5.90. The van der Waals surface area contributed by atoms with Gasteiger partial charge in [-0.2, -0.15) is 8.78 Å². The molecule has 4 nitrogen and oxygen atoms in total. The summed E-state index contributed by atoms with van der Waals surface area (Å²) in [5, 5.41) is 6.17. The second-order valence-corrected chi connectivity index (χ2v) is 4.91. The molecule has 1 aliphatic heterocycles. The van der Waals surface area contributed by atoms with Gasteiger partial charge in [-0.25, -0.2) is 0 Å². The van der Waals surface area contributed by atoms with E-state index >= 15 is 0 Å². The Morgan fingerprint density at radius 1 is 1.45 bits per heavy atom. The van der Waals surface area contributed by atoms with Crippen molar-refractivity contribution in [3.8, 4) is 5.75 Å². The van der Waals surface area contributed by atoms with E-state index in [9.17, 15) is 8.78 Å². The van der Waals surface area contributed by atoms with Crippen molar-refractivity contribution in [3.63, 3.8) is 0 Å². The molecule has 0 fully saturated rings. The molecule has 2 rings (SSSR count). The van der Waals surface area contributed by atoms with Gasteiger partial charge >= 0.3 is 6.61 Å². The maximum absolute atomic E-state index is 12.3. The smallest absolute Gasteiger partial charge is 0.387 e. The number of hydrogen-bond donors (Lipinski definition) is 2. The molecule has 0 saturated carbocycles. The third-order valence-electron chi connectivity index (χ3n) is 2.58. The minimum absolute atomic E-state index is 0. The van der Waals surface area contributed by atoms with Crippen molar-refractivity contribution in [2.75, 3.05) is 13.1 Å². The number of ether oxygens (including phenoxy) is 1. The summed E-state index contributed by atoms with van der Waals surface area (Å²) < 4.78 is 29.9. The van der Waals surface area contributed by atoms with Gasteiger partial charge in [-0.1, -0.05) is 15.9 Å². The van der Waals surface area contributed by atoms with Crippen molar-refractivity contribution >= 4 is 45.9 Å². The van der Waals surface area contributed by atoms with Crippen molar-refractivity contribution in [2.24, 2.45) is 4.99 Å². The summed E-state index contributed by atoms with van der Waals surface area (Å²) >= 11 is 3.31. The van der Waals surface area contributed by atoms with E-state index in [1.54, 1.807) is 12.1 Å². The number of guanidine groups is 1. The van der Waals surface area contributed by atoms with E-state index in [-0.39, 0.29) is 29.7 Å². The van der Waals surface area contributed by atoms with Gasteiger partial charge in [0.25, 0.3) is 0 Å². The van der Waals surface area contributed by atoms with Gasteiger partial charge in [-0.15, -0.1) is 24.0 Å². The highest BCUT2D eigenvalue weighted by atomic mass is 127. The van der Waals surface area contributed by atoms with Gasteiger partial charge in [0, 0.05) is 29.7 Å². The Morgan fingerprint density at radius 3 is 2.90 bits per heavy atom. The summed E-state index contributed by atoms with van der Waals surface area (Å²) in [6.07, 6.45) is 1.00. The van der Waals surface area contributed by atoms with Crippen LogP contribution in [0.2, 0.25) is 0 Å². The van der Waals surface area contributed by atoms with Crippen LogP contribution in [0.3, 0.4) is 0 Å². The largest absolute Gasteiger partial charge is 0.434 e. The minimum Gasteiger partial charge on any atom is -0.434 e. The SMILES string of the molecule is FC(F)Oc1ccc(Br)cc1CNC1=NCCCN1.I. The number of alkyl halides is 2. The fraction of sp³-hybridized carbons (Fsp3) is 0.417. The zero-order chi connectivity index (χ0) is 13.7. The Labute approximate surface area is 141 Å². The van der Waals surface area contributed by atoms with E-state index in [1.165, 1.54) is 6.07 Å². The highest BCUT2D eigenvalue weighted by Gasteiger charge is 2.11. The van der Waals surface area contributed by atoms with Gasteiger partial charge < -0.3 is 15.4 Å². The molecule has 1 aromatic rings. The third-order valence-corrected chi connectivity index (χ3v) is 3.08. The lowest BCUT2D eigenvalue weighted by Crippen LogP contribution is -2.40. The quantitative estimate of drug-likeness (QED) is 0.677. The molecule has 0 aromatic heterocycles. The van der Waals surface area contributed by atoms with Crippen LogP contribution in [0.25, 0.3) is 0 Å². The Morgan fingerprint density at radius 2 is 2.25 bits per heavy atom. The molecule has 0 aliphatic carbocycles. The van der Waals surface area contributed by atoms with Crippen LogP contribution < -0.4 is 15.4 Å². The van der Waals surface area contributed by atoms with Crippen LogP contribution in [0.15, 0.2) is 27.7 Å². The summed E-state index contributed by atoms with van der Waals surface area (Å²) in [7, 11) is 0.